The van der Waals surface area contributed by atoms with Crippen LogP contribution in [0.1, 0.15) is 25.7 Å². The molecule has 2 atom stereocenters. The fourth-order valence-electron chi connectivity index (χ4n) is 1.60. The van der Waals surface area contributed by atoms with Crippen molar-refractivity contribution in [3.05, 3.63) is 0 Å². The van der Waals surface area contributed by atoms with Gasteiger partial charge in [-0.05, 0) is 18.8 Å². The molecule has 1 aliphatic rings. The largest absolute Gasteiger partial charge is 0.393 e. The average molecular weight is 157 g/mol. The fraction of sp³-hybridized carbons (Fsp3) is 0.875. The Labute approximate surface area is 66.8 Å². The van der Waals surface area contributed by atoms with Crippen molar-refractivity contribution in [2.75, 3.05) is 7.05 Å². The fourth-order valence-corrected chi connectivity index (χ4v) is 1.60. The molecule has 0 spiro atoms. The summed E-state index contributed by atoms with van der Waals surface area (Å²) in [5.74, 6) is 0.242. The van der Waals surface area contributed by atoms with Crippen LogP contribution in [0.25, 0.3) is 0 Å². The van der Waals surface area contributed by atoms with Crippen LogP contribution in [-0.2, 0) is 4.79 Å². The van der Waals surface area contributed by atoms with Crippen molar-refractivity contribution < 1.29 is 9.90 Å². The van der Waals surface area contributed by atoms with Gasteiger partial charge in [-0.2, -0.15) is 0 Å². The topological polar surface area (TPSA) is 49.3 Å². The number of nitrogens with one attached hydrogen (secondary N) is 1. The molecule has 0 saturated heterocycles. The van der Waals surface area contributed by atoms with E-state index in [0.29, 0.717) is 6.42 Å². The van der Waals surface area contributed by atoms with E-state index in [0.717, 1.165) is 19.3 Å². The maximum absolute atomic E-state index is 10.9. The van der Waals surface area contributed by atoms with E-state index in [1.807, 2.05) is 0 Å². The summed E-state index contributed by atoms with van der Waals surface area (Å²) >= 11 is 0. The second kappa shape index (κ2) is 3.72. The molecule has 1 fully saturated rings. The van der Waals surface area contributed by atoms with Crippen molar-refractivity contribution in [3.63, 3.8) is 0 Å². The van der Waals surface area contributed by atoms with E-state index in [4.69, 9.17) is 0 Å². The van der Waals surface area contributed by atoms with Crippen molar-refractivity contribution in [2.45, 2.75) is 31.8 Å². The van der Waals surface area contributed by atoms with Gasteiger partial charge in [-0.1, -0.05) is 6.42 Å². The predicted molar refractivity (Wildman–Crippen MR) is 42.0 cm³/mol. The molecule has 64 valence electrons. The normalized spacial score (nSPS) is 30.4. The van der Waals surface area contributed by atoms with E-state index in [-0.39, 0.29) is 17.9 Å². The van der Waals surface area contributed by atoms with Gasteiger partial charge in [0.1, 0.15) is 0 Å². The third-order valence-corrected chi connectivity index (χ3v) is 2.35. The van der Waals surface area contributed by atoms with Crippen molar-refractivity contribution >= 4 is 5.91 Å². The lowest BCUT2D eigenvalue weighted by Crippen LogP contribution is -2.24. The Kier molecular flexibility index (Phi) is 2.88. The number of aliphatic hydroxyl groups is 1. The van der Waals surface area contributed by atoms with Crippen molar-refractivity contribution in [2.24, 2.45) is 5.92 Å². The molecule has 0 radical (unpaired) electrons. The smallest absolute Gasteiger partial charge is 0.220 e. The first-order valence-electron chi connectivity index (χ1n) is 4.12. The summed E-state index contributed by atoms with van der Waals surface area (Å²) in [5, 5.41) is 11.9. The van der Waals surface area contributed by atoms with Crippen LogP contribution in [0.3, 0.4) is 0 Å². The Morgan fingerprint density at radius 2 is 2.36 bits per heavy atom. The van der Waals surface area contributed by atoms with Gasteiger partial charge >= 0.3 is 0 Å². The Bertz CT molecular complexity index is 147. The molecule has 2 unspecified atom stereocenters. The summed E-state index contributed by atoms with van der Waals surface area (Å²) in [6, 6.07) is 0. The third-order valence-electron chi connectivity index (χ3n) is 2.35. The summed E-state index contributed by atoms with van der Waals surface area (Å²) < 4.78 is 0. The zero-order chi connectivity index (χ0) is 8.27. The second-order valence-corrected chi connectivity index (χ2v) is 3.14. The number of aliphatic hydroxyl groups excluding tert-OH is 1. The molecule has 11 heavy (non-hydrogen) atoms. The van der Waals surface area contributed by atoms with E-state index < -0.39 is 0 Å². The van der Waals surface area contributed by atoms with Crippen LogP contribution in [0, 0.1) is 5.92 Å². The van der Waals surface area contributed by atoms with Gasteiger partial charge in [0, 0.05) is 13.5 Å². The minimum absolute atomic E-state index is 0.0379. The molecule has 0 heterocycles. The molecule has 0 aromatic carbocycles. The van der Waals surface area contributed by atoms with Gasteiger partial charge in [-0.15, -0.1) is 0 Å². The standard InChI is InChI=1S/C8H15NO2/c1-9-8(11)5-6-3-2-4-7(6)10/h6-7,10H,2-5H2,1H3,(H,9,11). The number of hydrogen-bond acceptors (Lipinski definition) is 2. The van der Waals surface area contributed by atoms with E-state index in [1.54, 1.807) is 7.05 Å². The maximum Gasteiger partial charge on any atom is 0.220 e. The summed E-state index contributed by atoms with van der Waals surface area (Å²) in [7, 11) is 1.63. The predicted octanol–water partition coefficient (Wildman–Crippen LogP) is 0.283. The van der Waals surface area contributed by atoms with E-state index in [2.05, 4.69) is 5.32 Å². The van der Waals surface area contributed by atoms with Gasteiger partial charge in [0.2, 0.25) is 5.91 Å². The molecule has 3 nitrogen and oxygen atoms in total. The molecule has 1 aliphatic carbocycles. The average Bonchev–Trinajstić information content (AvgIpc) is 2.37. The van der Waals surface area contributed by atoms with Gasteiger partial charge in [0.05, 0.1) is 6.10 Å². The molecule has 1 saturated carbocycles. The minimum atomic E-state index is -0.243. The maximum atomic E-state index is 10.9. The molecular formula is C8H15NO2. The first-order chi connectivity index (χ1) is 5.24. The molecule has 0 aromatic rings. The molecule has 0 bridgehead atoms. The zero-order valence-corrected chi connectivity index (χ0v) is 6.84. The van der Waals surface area contributed by atoms with Crippen molar-refractivity contribution in [1.29, 1.82) is 0 Å². The summed E-state index contributed by atoms with van der Waals surface area (Å²) in [4.78, 5) is 10.9. The minimum Gasteiger partial charge on any atom is -0.393 e. The Morgan fingerprint density at radius 3 is 2.82 bits per heavy atom. The van der Waals surface area contributed by atoms with Crippen LogP contribution in [0.4, 0.5) is 0 Å². The highest BCUT2D eigenvalue weighted by Crippen LogP contribution is 2.27. The summed E-state index contributed by atoms with van der Waals surface area (Å²) in [6.07, 6.45) is 3.16. The highest BCUT2D eigenvalue weighted by molar-refractivity contribution is 5.75. The number of carbonyl (C=O) groups is 1. The molecule has 1 rings (SSSR count). The van der Waals surface area contributed by atoms with Gasteiger partial charge in [0.15, 0.2) is 0 Å². The van der Waals surface area contributed by atoms with Crippen LogP contribution in [0.2, 0.25) is 0 Å². The van der Waals surface area contributed by atoms with Crippen LogP contribution in [0.15, 0.2) is 0 Å². The highest BCUT2D eigenvalue weighted by atomic mass is 16.3. The van der Waals surface area contributed by atoms with Gasteiger partial charge in [-0.3, -0.25) is 4.79 Å². The monoisotopic (exact) mass is 157 g/mol. The van der Waals surface area contributed by atoms with Crippen molar-refractivity contribution in [1.82, 2.24) is 5.32 Å². The molecular weight excluding hydrogens is 142 g/mol. The Morgan fingerprint density at radius 1 is 1.64 bits per heavy atom. The number of hydrogen-bond donors (Lipinski definition) is 2. The van der Waals surface area contributed by atoms with Crippen LogP contribution in [-0.4, -0.2) is 24.2 Å². The third kappa shape index (κ3) is 2.19. The lowest BCUT2D eigenvalue weighted by atomic mass is 10.0. The van der Waals surface area contributed by atoms with E-state index in [9.17, 15) is 9.90 Å². The second-order valence-electron chi connectivity index (χ2n) is 3.14. The van der Waals surface area contributed by atoms with Gasteiger partial charge in [0.25, 0.3) is 0 Å². The molecule has 0 aliphatic heterocycles. The quantitative estimate of drug-likeness (QED) is 0.605. The van der Waals surface area contributed by atoms with Crippen LogP contribution < -0.4 is 5.32 Å². The van der Waals surface area contributed by atoms with Crippen LogP contribution in [0.5, 0.6) is 0 Å². The summed E-state index contributed by atoms with van der Waals surface area (Å²) in [5.41, 5.74) is 0. The zero-order valence-electron chi connectivity index (χ0n) is 6.84. The first-order valence-corrected chi connectivity index (χ1v) is 4.12. The number of rotatable bonds is 2. The summed E-state index contributed by atoms with van der Waals surface area (Å²) in [6.45, 7) is 0. The Balaban J connectivity index is 2.30. The van der Waals surface area contributed by atoms with Gasteiger partial charge < -0.3 is 10.4 Å². The highest BCUT2D eigenvalue weighted by Gasteiger charge is 2.26. The van der Waals surface area contributed by atoms with E-state index >= 15 is 0 Å². The lowest BCUT2D eigenvalue weighted by Gasteiger charge is -2.12. The SMILES string of the molecule is CNC(=O)CC1CCCC1O. The number of amides is 1. The molecule has 0 aromatic heterocycles. The van der Waals surface area contributed by atoms with Gasteiger partial charge in [-0.25, -0.2) is 0 Å². The molecule has 3 heteroatoms. The molecule has 1 amide bonds. The van der Waals surface area contributed by atoms with Crippen molar-refractivity contribution in [3.8, 4) is 0 Å². The lowest BCUT2D eigenvalue weighted by molar-refractivity contribution is -0.122. The van der Waals surface area contributed by atoms with E-state index in [1.165, 1.54) is 0 Å². The Hall–Kier alpha value is -0.570. The molecule has 2 N–H and O–H groups in total. The first kappa shape index (κ1) is 8.53. The van der Waals surface area contributed by atoms with Crippen LogP contribution >= 0.6 is 0 Å². The number of carbonyl (C=O) groups excluding carboxylic acids is 1.